The molecule has 0 aliphatic carbocycles. The van der Waals surface area contributed by atoms with Gasteiger partial charge in [-0.1, -0.05) is 55.4 Å². The van der Waals surface area contributed by atoms with E-state index in [-0.39, 0.29) is 22.2 Å². The quantitative estimate of drug-likeness (QED) is 0.212. The van der Waals surface area contributed by atoms with E-state index in [9.17, 15) is 0 Å². The van der Waals surface area contributed by atoms with Crippen molar-refractivity contribution < 1.29 is 35.4 Å². The molecule has 0 radical (unpaired) electrons. The molecule has 1 fully saturated rings. The molecule has 1 rings (SSSR count). The zero-order chi connectivity index (χ0) is 27.6. The first-order valence-electron chi connectivity index (χ1n) is 14.0. The second-order valence-electron chi connectivity index (χ2n) is 10.8. The normalized spacial score (nSPS) is 32.0. The molecule has 8 nitrogen and oxygen atoms in total. The van der Waals surface area contributed by atoms with Crippen molar-refractivity contribution in [2.45, 2.75) is 105 Å². The van der Waals surface area contributed by atoms with E-state index in [0.717, 1.165) is 0 Å². The van der Waals surface area contributed by atoms with E-state index in [1.807, 2.05) is 27.7 Å². The number of hydrogen-bond donors (Lipinski definition) is 0. The Morgan fingerprint density at radius 1 is 0.389 bits per heavy atom. The van der Waals surface area contributed by atoms with Gasteiger partial charge in [0.1, 0.15) is 0 Å². The van der Waals surface area contributed by atoms with Crippen LogP contribution in [0.15, 0.2) is 0 Å². The first-order chi connectivity index (χ1) is 16.8. The summed E-state index contributed by atoms with van der Waals surface area (Å²) in [5, 5.41) is 0. The molecule has 0 bridgehead atoms. The molecule has 36 heavy (non-hydrogen) atoms. The standard InChI is InChI=1S/C24H56O8Si4/c1-13-25-17-33(21(5)6)29-34(22(7)8,18-26-14-2)31-36(24(11)12,20-28-16-4)32-35(30-33,23(9)10)19-27-15-3/h21-24H,13-20H2,1-12H3. The van der Waals surface area contributed by atoms with Crippen molar-refractivity contribution in [1.29, 1.82) is 0 Å². The Labute approximate surface area is 226 Å². The van der Waals surface area contributed by atoms with E-state index >= 15 is 0 Å². The molecule has 0 aromatic heterocycles. The Morgan fingerprint density at radius 2 is 0.556 bits per heavy atom. The summed E-state index contributed by atoms with van der Waals surface area (Å²) in [7, 11) is -12.1. The summed E-state index contributed by atoms with van der Waals surface area (Å²) in [5.41, 5.74) is 0.485. The lowest BCUT2D eigenvalue weighted by Gasteiger charge is -2.56. The third kappa shape index (κ3) is 8.27. The van der Waals surface area contributed by atoms with Gasteiger partial charge in [-0.25, -0.2) is 0 Å². The molecule has 0 unspecified atom stereocenters. The Kier molecular flexibility index (Phi) is 14.8. The maximum absolute atomic E-state index is 7.43. The van der Waals surface area contributed by atoms with E-state index in [2.05, 4.69) is 55.4 Å². The fourth-order valence-electron chi connectivity index (χ4n) is 4.08. The fourth-order valence-corrected chi connectivity index (χ4v) is 28.3. The molecular formula is C24H56O8Si4. The number of rotatable bonds is 16. The van der Waals surface area contributed by atoms with Crippen molar-refractivity contribution in [1.82, 2.24) is 0 Å². The van der Waals surface area contributed by atoms with Crippen LogP contribution in [0.1, 0.15) is 83.1 Å². The first kappa shape index (κ1) is 34.6. The summed E-state index contributed by atoms with van der Waals surface area (Å²) in [4.78, 5) is 0. The van der Waals surface area contributed by atoms with Gasteiger partial charge < -0.3 is 35.4 Å². The fraction of sp³-hybridized carbons (Fsp3) is 1.00. The van der Waals surface area contributed by atoms with Gasteiger partial charge in [0.05, 0.1) is 24.9 Å². The molecule has 1 saturated heterocycles. The smallest absolute Gasteiger partial charge is 0.350 e. The van der Waals surface area contributed by atoms with Crippen LogP contribution in [0.5, 0.6) is 0 Å². The molecule has 1 heterocycles. The minimum atomic E-state index is -3.02. The molecule has 0 amide bonds. The highest BCUT2D eigenvalue weighted by Gasteiger charge is 2.66. The maximum Gasteiger partial charge on any atom is 0.350 e. The lowest BCUT2D eigenvalue weighted by Crippen LogP contribution is -2.77. The van der Waals surface area contributed by atoms with Crippen LogP contribution in [0.2, 0.25) is 22.2 Å². The summed E-state index contributed by atoms with van der Waals surface area (Å²) in [5.74, 6) is 0. The van der Waals surface area contributed by atoms with Crippen molar-refractivity contribution in [2.24, 2.45) is 0 Å². The van der Waals surface area contributed by atoms with Crippen LogP contribution in [0.4, 0.5) is 0 Å². The van der Waals surface area contributed by atoms with E-state index in [1.165, 1.54) is 0 Å². The summed E-state index contributed by atoms with van der Waals surface area (Å²) in [6, 6.07) is 0. The number of hydrogen-bond acceptors (Lipinski definition) is 8. The first-order valence-corrected chi connectivity index (χ1v) is 22.4. The largest absolute Gasteiger partial charge is 0.412 e. The van der Waals surface area contributed by atoms with E-state index in [1.54, 1.807) is 0 Å². The molecule has 0 aromatic rings. The third-order valence-corrected chi connectivity index (χ3v) is 27.5. The van der Waals surface area contributed by atoms with Crippen LogP contribution in [0.3, 0.4) is 0 Å². The van der Waals surface area contributed by atoms with Gasteiger partial charge in [0, 0.05) is 26.4 Å². The highest BCUT2D eigenvalue weighted by atomic mass is 28.5. The van der Waals surface area contributed by atoms with Crippen LogP contribution in [-0.4, -0.2) is 85.6 Å². The van der Waals surface area contributed by atoms with Gasteiger partial charge in [-0.2, -0.15) is 0 Å². The molecule has 1 aliphatic rings. The number of ether oxygens (including phenoxy) is 4. The highest BCUT2D eigenvalue weighted by Crippen LogP contribution is 2.45. The highest BCUT2D eigenvalue weighted by molar-refractivity contribution is 6.96. The van der Waals surface area contributed by atoms with Crippen LogP contribution in [-0.2, 0) is 35.4 Å². The lowest BCUT2D eigenvalue weighted by atomic mass is 10.6. The predicted molar refractivity (Wildman–Crippen MR) is 154 cm³/mol. The van der Waals surface area contributed by atoms with Gasteiger partial charge >= 0.3 is 34.2 Å². The molecule has 216 valence electrons. The van der Waals surface area contributed by atoms with Crippen LogP contribution >= 0.6 is 0 Å². The molecule has 0 spiro atoms. The Hall–Kier alpha value is 0.548. The lowest BCUT2D eigenvalue weighted by molar-refractivity contribution is 0.0825. The summed E-state index contributed by atoms with van der Waals surface area (Å²) >= 11 is 0. The molecule has 0 aromatic carbocycles. The van der Waals surface area contributed by atoms with Crippen molar-refractivity contribution >= 4 is 34.2 Å². The maximum atomic E-state index is 7.43. The Bertz CT molecular complexity index is 509. The second kappa shape index (κ2) is 15.4. The molecule has 0 atom stereocenters. The summed E-state index contributed by atoms with van der Waals surface area (Å²) in [6.45, 7) is 27.9. The molecule has 0 N–H and O–H groups in total. The topological polar surface area (TPSA) is 73.8 Å². The van der Waals surface area contributed by atoms with Crippen molar-refractivity contribution in [3.05, 3.63) is 0 Å². The van der Waals surface area contributed by atoms with Crippen LogP contribution in [0, 0.1) is 0 Å². The second-order valence-corrected chi connectivity index (χ2v) is 26.4. The minimum absolute atomic E-state index is 0.121. The van der Waals surface area contributed by atoms with Gasteiger partial charge in [-0.15, -0.1) is 0 Å². The van der Waals surface area contributed by atoms with Crippen LogP contribution in [0.25, 0.3) is 0 Å². The summed E-state index contributed by atoms with van der Waals surface area (Å²) in [6.07, 6.45) is 1.71. The van der Waals surface area contributed by atoms with Gasteiger partial charge in [0.25, 0.3) is 0 Å². The van der Waals surface area contributed by atoms with Crippen molar-refractivity contribution in [3.63, 3.8) is 0 Å². The molecular weight excluding hydrogens is 529 g/mol. The van der Waals surface area contributed by atoms with Crippen molar-refractivity contribution in [2.75, 3.05) is 51.3 Å². The van der Waals surface area contributed by atoms with Gasteiger partial charge in [-0.05, 0) is 49.9 Å². The van der Waals surface area contributed by atoms with Crippen LogP contribution < -0.4 is 0 Å². The van der Waals surface area contributed by atoms with Gasteiger partial charge in [0.15, 0.2) is 0 Å². The average Bonchev–Trinajstić information content (AvgIpc) is 2.80. The Morgan fingerprint density at radius 3 is 0.667 bits per heavy atom. The Balaban J connectivity index is 3.95. The van der Waals surface area contributed by atoms with E-state index in [4.69, 9.17) is 35.4 Å². The minimum Gasteiger partial charge on any atom is -0.412 e. The molecule has 12 heteroatoms. The zero-order valence-corrected chi connectivity index (χ0v) is 29.2. The predicted octanol–water partition coefficient (Wildman–Crippen LogP) is 5.78. The SMILES string of the molecule is CCOC[Si]1(C(C)C)O[Si](COCC)(C(C)C)O[Si](COCC)(C(C)C)O[Si](COCC)(C(C)C)O1. The zero-order valence-electron chi connectivity index (χ0n) is 25.2. The van der Waals surface area contributed by atoms with Gasteiger partial charge in [0.2, 0.25) is 0 Å². The third-order valence-electron chi connectivity index (χ3n) is 6.93. The van der Waals surface area contributed by atoms with E-state index < -0.39 is 34.2 Å². The monoisotopic (exact) mass is 584 g/mol. The molecule has 0 saturated carbocycles. The van der Waals surface area contributed by atoms with Crippen molar-refractivity contribution in [3.8, 4) is 0 Å². The summed E-state index contributed by atoms with van der Waals surface area (Å²) < 4.78 is 54.1. The van der Waals surface area contributed by atoms with Gasteiger partial charge in [-0.3, -0.25) is 0 Å². The molecule has 1 aliphatic heterocycles. The average molecular weight is 585 g/mol. The van der Waals surface area contributed by atoms with E-state index in [0.29, 0.717) is 51.3 Å².